The number of hydrogen-bond acceptors (Lipinski definition) is 5. The molecule has 0 unspecified atom stereocenters. The van der Waals surface area contributed by atoms with Crippen LogP contribution in [0.1, 0.15) is 24.5 Å². The minimum atomic E-state index is -0.601. The fraction of sp³-hybridized carbons (Fsp3) is 0.200. The highest BCUT2D eigenvalue weighted by atomic mass is 35.5. The lowest BCUT2D eigenvalue weighted by atomic mass is 10.1. The predicted octanol–water partition coefficient (Wildman–Crippen LogP) is 4.62. The fourth-order valence-electron chi connectivity index (χ4n) is 2.45. The Kier molecular flexibility index (Phi) is 5.76. The first-order valence-corrected chi connectivity index (χ1v) is 8.68. The molecule has 0 spiro atoms. The van der Waals surface area contributed by atoms with Gasteiger partial charge in [-0.2, -0.15) is 0 Å². The van der Waals surface area contributed by atoms with Crippen molar-refractivity contribution in [2.75, 3.05) is 13.7 Å². The Morgan fingerprint density at radius 1 is 1.26 bits per heavy atom. The van der Waals surface area contributed by atoms with Crippen molar-refractivity contribution in [2.24, 2.45) is 4.99 Å². The monoisotopic (exact) mass is 389 g/mol. The summed E-state index contributed by atoms with van der Waals surface area (Å²) < 4.78 is 29.1. The standard InChI is InChI=1S/C20H17ClFNO4/c1-3-8-26-18-15(21)9-12(11-17(18)25-2)10-16-20(24)27-19(23-16)13-4-6-14(22)7-5-13/h4-7,9-11H,3,8H2,1-2H3/b16-10+. The van der Waals surface area contributed by atoms with Gasteiger partial charge in [0, 0.05) is 5.56 Å². The van der Waals surface area contributed by atoms with Gasteiger partial charge in [-0.05, 0) is 54.5 Å². The van der Waals surface area contributed by atoms with E-state index >= 15 is 0 Å². The van der Waals surface area contributed by atoms with Crippen LogP contribution in [0, 0.1) is 5.82 Å². The third-order valence-corrected chi connectivity index (χ3v) is 4.00. The molecule has 1 heterocycles. The number of cyclic esters (lactones) is 1. The molecule has 0 aliphatic carbocycles. The lowest BCUT2D eigenvalue weighted by Gasteiger charge is -2.12. The SMILES string of the molecule is CCCOc1c(Cl)cc(/C=C2/N=C(c3ccc(F)cc3)OC2=O)cc1OC. The summed E-state index contributed by atoms with van der Waals surface area (Å²) in [5.41, 5.74) is 1.22. The van der Waals surface area contributed by atoms with E-state index < -0.39 is 5.97 Å². The van der Waals surface area contributed by atoms with E-state index in [4.69, 9.17) is 25.8 Å². The van der Waals surface area contributed by atoms with E-state index in [9.17, 15) is 9.18 Å². The third kappa shape index (κ3) is 4.28. The summed E-state index contributed by atoms with van der Waals surface area (Å²) in [6, 6.07) is 8.87. The molecule has 0 saturated heterocycles. The first-order valence-electron chi connectivity index (χ1n) is 8.30. The highest BCUT2D eigenvalue weighted by molar-refractivity contribution is 6.32. The molecular formula is C20H17ClFNO4. The summed E-state index contributed by atoms with van der Waals surface area (Å²) in [6.07, 6.45) is 2.37. The van der Waals surface area contributed by atoms with Gasteiger partial charge in [-0.3, -0.25) is 0 Å². The largest absolute Gasteiger partial charge is 0.493 e. The van der Waals surface area contributed by atoms with Crippen molar-refractivity contribution < 1.29 is 23.4 Å². The van der Waals surface area contributed by atoms with E-state index in [0.29, 0.717) is 34.3 Å². The minimum Gasteiger partial charge on any atom is -0.493 e. The third-order valence-electron chi connectivity index (χ3n) is 3.72. The Bertz CT molecular complexity index is 922. The molecule has 0 amide bonds. The number of rotatable bonds is 6. The molecule has 2 aromatic carbocycles. The average Bonchev–Trinajstić information content (AvgIpc) is 3.01. The molecule has 0 atom stereocenters. The fourth-order valence-corrected chi connectivity index (χ4v) is 2.72. The number of aliphatic imine (C=N–C) groups is 1. The summed E-state index contributed by atoms with van der Waals surface area (Å²) in [7, 11) is 1.51. The van der Waals surface area contributed by atoms with Crippen LogP contribution in [0.4, 0.5) is 4.39 Å². The second-order valence-corrected chi connectivity index (χ2v) is 6.13. The first-order chi connectivity index (χ1) is 13.0. The van der Waals surface area contributed by atoms with Gasteiger partial charge in [0.15, 0.2) is 17.2 Å². The molecule has 140 valence electrons. The van der Waals surface area contributed by atoms with Gasteiger partial charge in [0.05, 0.1) is 18.7 Å². The van der Waals surface area contributed by atoms with Crippen LogP contribution < -0.4 is 9.47 Å². The van der Waals surface area contributed by atoms with Crippen molar-refractivity contribution in [1.82, 2.24) is 0 Å². The average molecular weight is 390 g/mol. The van der Waals surface area contributed by atoms with Crippen LogP contribution in [-0.2, 0) is 9.53 Å². The maximum Gasteiger partial charge on any atom is 0.363 e. The summed E-state index contributed by atoms with van der Waals surface area (Å²) in [5, 5.41) is 0.365. The highest BCUT2D eigenvalue weighted by Crippen LogP contribution is 2.37. The molecule has 7 heteroatoms. The van der Waals surface area contributed by atoms with E-state index in [0.717, 1.165) is 6.42 Å². The van der Waals surface area contributed by atoms with Crippen LogP contribution in [-0.4, -0.2) is 25.6 Å². The zero-order valence-corrected chi connectivity index (χ0v) is 15.5. The van der Waals surface area contributed by atoms with E-state index in [-0.39, 0.29) is 17.4 Å². The minimum absolute atomic E-state index is 0.106. The van der Waals surface area contributed by atoms with Crippen molar-refractivity contribution in [3.05, 3.63) is 64.1 Å². The van der Waals surface area contributed by atoms with Crippen molar-refractivity contribution >= 4 is 29.5 Å². The Balaban J connectivity index is 1.92. The van der Waals surface area contributed by atoms with Crippen LogP contribution in [0.2, 0.25) is 5.02 Å². The molecule has 0 radical (unpaired) electrons. The van der Waals surface area contributed by atoms with Gasteiger partial charge in [-0.15, -0.1) is 0 Å². The van der Waals surface area contributed by atoms with Crippen molar-refractivity contribution in [3.63, 3.8) is 0 Å². The summed E-state index contributed by atoms with van der Waals surface area (Å²) >= 11 is 6.29. The second kappa shape index (κ2) is 8.22. The van der Waals surface area contributed by atoms with Crippen molar-refractivity contribution in [1.29, 1.82) is 0 Å². The van der Waals surface area contributed by atoms with Gasteiger partial charge in [0.1, 0.15) is 5.82 Å². The molecule has 0 bridgehead atoms. The van der Waals surface area contributed by atoms with Gasteiger partial charge in [0.25, 0.3) is 0 Å². The molecule has 0 saturated carbocycles. The van der Waals surface area contributed by atoms with Crippen LogP contribution in [0.3, 0.4) is 0 Å². The van der Waals surface area contributed by atoms with Crippen LogP contribution in [0.25, 0.3) is 6.08 Å². The Morgan fingerprint density at radius 3 is 2.67 bits per heavy atom. The lowest BCUT2D eigenvalue weighted by Crippen LogP contribution is -2.05. The van der Waals surface area contributed by atoms with Gasteiger partial charge in [-0.25, -0.2) is 14.2 Å². The molecule has 5 nitrogen and oxygen atoms in total. The molecular weight excluding hydrogens is 373 g/mol. The second-order valence-electron chi connectivity index (χ2n) is 5.73. The Labute approximate surface area is 161 Å². The van der Waals surface area contributed by atoms with Gasteiger partial charge < -0.3 is 14.2 Å². The predicted molar refractivity (Wildman–Crippen MR) is 101 cm³/mol. The van der Waals surface area contributed by atoms with Crippen molar-refractivity contribution in [3.8, 4) is 11.5 Å². The number of methoxy groups -OCH3 is 1. The molecule has 2 aromatic rings. The zero-order valence-electron chi connectivity index (χ0n) is 14.8. The number of ether oxygens (including phenoxy) is 3. The van der Waals surface area contributed by atoms with Crippen molar-refractivity contribution in [2.45, 2.75) is 13.3 Å². The number of benzene rings is 2. The number of esters is 1. The van der Waals surface area contributed by atoms with E-state index in [2.05, 4.69) is 4.99 Å². The summed E-state index contributed by atoms with van der Waals surface area (Å²) in [5.74, 6) is 0.0408. The number of carbonyl (C=O) groups excluding carboxylic acids is 1. The first kappa shape index (κ1) is 18.9. The highest BCUT2D eigenvalue weighted by Gasteiger charge is 2.24. The molecule has 27 heavy (non-hydrogen) atoms. The maximum absolute atomic E-state index is 13.0. The number of carbonyl (C=O) groups is 1. The summed E-state index contributed by atoms with van der Waals surface area (Å²) in [6.45, 7) is 2.50. The number of nitrogens with zero attached hydrogens (tertiary/aromatic N) is 1. The molecule has 0 aromatic heterocycles. The van der Waals surface area contributed by atoms with Crippen LogP contribution >= 0.6 is 11.6 Å². The lowest BCUT2D eigenvalue weighted by molar-refractivity contribution is -0.129. The maximum atomic E-state index is 13.0. The summed E-state index contributed by atoms with van der Waals surface area (Å²) in [4.78, 5) is 16.3. The molecule has 0 N–H and O–H groups in total. The van der Waals surface area contributed by atoms with Gasteiger partial charge in [0.2, 0.25) is 5.90 Å². The molecule has 0 fully saturated rings. The smallest absolute Gasteiger partial charge is 0.363 e. The molecule has 3 rings (SSSR count). The Morgan fingerprint density at radius 2 is 2.00 bits per heavy atom. The molecule has 1 aliphatic heterocycles. The normalized spacial score (nSPS) is 14.9. The van der Waals surface area contributed by atoms with Crippen LogP contribution in [0.5, 0.6) is 11.5 Å². The molecule has 1 aliphatic rings. The topological polar surface area (TPSA) is 57.1 Å². The van der Waals surface area contributed by atoms with Crippen LogP contribution in [0.15, 0.2) is 47.1 Å². The van der Waals surface area contributed by atoms with Gasteiger partial charge in [-0.1, -0.05) is 18.5 Å². The number of halogens is 2. The number of hydrogen-bond donors (Lipinski definition) is 0. The van der Waals surface area contributed by atoms with E-state index in [1.807, 2.05) is 6.92 Å². The van der Waals surface area contributed by atoms with Gasteiger partial charge >= 0.3 is 5.97 Å². The Hall–Kier alpha value is -2.86. The van der Waals surface area contributed by atoms with E-state index in [1.165, 1.54) is 37.5 Å². The quantitative estimate of drug-likeness (QED) is 0.534. The van der Waals surface area contributed by atoms with E-state index in [1.54, 1.807) is 12.1 Å². The zero-order chi connectivity index (χ0) is 19.4.